The summed E-state index contributed by atoms with van der Waals surface area (Å²) in [5, 5.41) is 3.29. The molecule has 3 nitrogen and oxygen atoms in total. The normalized spacial score (nSPS) is 10.7. The first-order chi connectivity index (χ1) is 9.24. The number of ether oxygens (including phenoxy) is 2. The van der Waals surface area contributed by atoms with E-state index in [9.17, 15) is 4.39 Å². The molecule has 0 bridgehead atoms. The Morgan fingerprint density at radius 2 is 2.05 bits per heavy atom. The number of benzene rings is 1. The Morgan fingerprint density at radius 3 is 2.79 bits per heavy atom. The van der Waals surface area contributed by atoms with Gasteiger partial charge in [0.15, 0.2) is 0 Å². The van der Waals surface area contributed by atoms with Crippen LogP contribution in [0, 0.1) is 5.82 Å². The standard InChI is InChI=1S/C14H21BrFNO2/c1-2-18-9-4-3-7-17-8-10-19-14-6-5-12(16)11-13(14)15/h5-6,11,17H,2-4,7-10H2,1H3. The lowest BCUT2D eigenvalue weighted by molar-refractivity contribution is 0.143. The number of nitrogens with one attached hydrogen (secondary N) is 1. The van der Waals surface area contributed by atoms with Gasteiger partial charge in [-0.2, -0.15) is 0 Å². The molecular weight excluding hydrogens is 313 g/mol. The van der Waals surface area contributed by atoms with E-state index < -0.39 is 0 Å². The van der Waals surface area contributed by atoms with Crippen LogP contribution in [0.2, 0.25) is 0 Å². The van der Waals surface area contributed by atoms with E-state index in [1.54, 1.807) is 6.07 Å². The summed E-state index contributed by atoms with van der Waals surface area (Å²) in [6.07, 6.45) is 2.17. The number of unbranched alkanes of at least 4 members (excludes halogenated alkanes) is 1. The molecular formula is C14H21BrFNO2. The number of hydrogen-bond acceptors (Lipinski definition) is 3. The van der Waals surface area contributed by atoms with Gasteiger partial charge in [0, 0.05) is 19.8 Å². The van der Waals surface area contributed by atoms with E-state index in [4.69, 9.17) is 9.47 Å². The molecule has 0 unspecified atom stereocenters. The summed E-state index contributed by atoms with van der Waals surface area (Å²) in [7, 11) is 0. The summed E-state index contributed by atoms with van der Waals surface area (Å²) in [5.41, 5.74) is 0. The maximum Gasteiger partial charge on any atom is 0.133 e. The van der Waals surface area contributed by atoms with Crippen LogP contribution in [0.5, 0.6) is 5.75 Å². The quantitative estimate of drug-likeness (QED) is 0.666. The second-order valence-electron chi connectivity index (χ2n) is 4.08. The van der Waals surface area contributed by atoms with Crippen molar-refractivity contribution in [1.82, 2.24) is 5.32 Å². The second kappa shape index (κ2) is 10.2. The molecule has 1 N–H and O–H groups in total. The van der Waals surface area contributed by atoms with E-state index in [0.717, 1.165) is 39.1 Å². The number of rotatable bonds is 10. The highest BCUT2D eigenvalue weighted by Gasteiger charge is 2.01. The van der Waals surface area contributed by atoms with Crippen molar-refractivity contribution >= 4 is 15.9 Å². The van der Waals surface area contributed by atoms with Gasteiger partial charge in [-0.25, -0.2) is 4.39 Å². The first-order valence-corrected chi connectivity index (χ1v) is 7.39. The number of halogens is 2. The fraction of sp³-hybridized carbons (Fsp3) is 0.571. The molecule has 1 rings (SSSR count). The third kappa shape index (κ3) is 7.50. The lowest BCUT2D eigenvalue weighted by Gasteiger charge is -2.09. The second-order valence-corrected chi connectivity index (χ2v) is 4.93. The molecule has 0 atom stereocenters. The van der Waals surface area contributed by atoms with Crippen molar-refractivity contribution in [2.24, 2.45) is 0 Å². The average Bonchev–Trinajstić information content (AvgIpc) is 2.39. The minimum absolute atomic E-state index is 0.272. The zero-order valence-corrected chi connectivity index (χ0v) is 12.8. The number of hydrogen-bond donors (Lipinski definition) is 1. The largest absolute Gasteiger partial charge is 0.491 e. The Labute approximate surface area is 122 Å². The maximum atomic E-state index is 12.9. The van der Waals surface area contributed by atoms with Gasteiger partial charge >= 0.3 is 0 Å². The van der Waals surface area contributed by atoms with Crippen molar-refractivity contribution in [2.75, 3.05) is 32.9 Å². The SMILES string of the molecule is CCOCCCCNCCOc1ccc(F)cc1Br. The Balaban J connectivity index is 2.01. The van der Waals surface area contributed by atoms with Crippen LogP contribution in [-0.4, -0.2) is 32.9 Å². The zero-order chi connectivity index (χ0) is 13.9. The molecule has 0 aromatic heterocycles. The molecule has 0 fully saturated rings. The Morgan fingerprint density at radius 1 is 1.21 bits per heavy atom. The third-order valence-electron chi connectivity index (χ3n) is 2.53. The highest BCUT2D eigenvalue weighted by Crippen LogP contribution is 2.25. The van der Waals surface area contributed by atoms with Crippen LogP contribution in [0.1, 0.15) is 19.8 Å². The van der Waals surface area contributed by atoms with E-state index in [0.29, 0.717) is 16.8 Å². The minimum atomic E-state index is -0.272. The molecule has 0 aliphatic carbocycles. The van der Waals surface area contributed by atoms with Crippen molar-refractivity contribution in [2.45, 2.75) is 19.8 Å². The van der Waals surface area contributed by atoms with Gasteiger partial charge in [-0.05, 0) is 60.4 Å². The van der Waals surface area contributed by atoms with Gasteiger partial charge in [0.25, 0.3) is 0 Å². The van der Waals surface area contributed by atoms with Crippen molar-refractivity contribution in [3.63, 3.8) is 0 Å². The molecule has 0 spiro atoms. The van der Waals surface area contributed by atoms with Crippen LogP contribution in [0.25, 0.3) is 0 Å². The van der Waals surface area contributed by atoms with Gasteiger partial charge in [-0.3, -0.25) is 0 Å². The fourth-order valence-electron chi connectivity index (χ4n) is 1.55. The fourth-order valence-corrected chi connectivity index (χ4v) is 2.01. The molecule has 108 valence electrons. The lowest BCUT2D eigenvalue weighted by atomic mass is 10.3. The predicted molar refractivity (Wildman–Crippen MR) is 78.2 cm³/mol. The summed E-state index contributed by atoms with van der Waals surface area (Å²) in [6, 6.07) is 4.42. The van der Waals surface area contributed by atoms with Gasteiger partial charge in [0.2, 0.25) is 0 Å². The van der Waals surface area contributed by atoms with E-state index in [-0.39, 0.29) is 5.82 Å². The average molecular weight is 334 g/mol. The summed E-state index contributed by atoms with van der Waals surface area (Å²) < 4.78 is 24.3. The van der Waals surface area contributed by atoms with Crippen molar-refractivity contribution < 1.29 is 13.9 Å². The van der Waals surface area contributed by atoms with Crippen molar-refractivity contribution in [3.8, 4) is 5.75 Å². The van der Waals surface area contributed by atoms with Gasteiger partial charge in [-0.1, -0.05) is 0 Å². The van der Waals surface area contributed by atoms with Crippen LogP contribution in [0.3, 0.4) is 0 Å². The molecule has 0 amide bonds. The molecule has 0 saturated carbocycles. The summed E-state index contributed by atoms with van der Waals surface area (Å²) >= 11 is 3.27. The summed E-state index contributed by atoms with van der Waals surface area (Å²) in [5.74, 6) is 0.395. The highest BCUT2D eigenvalue weighted by molar-refractivity contribution is 9.10. The van der Waals surface area contributed by atoms with Crippen LogP contribution in [0.4, 0.5) is 4.39 Å². The lowest BCUT2D eigenvalue weighted by Crippen LogP contribution is -2.22. The Hall–Kier alpha value is -0.650. The molecule has 0 heterocycles. The predicted octanol–water partition coefficient (Wildman–Crippen LogP) is 3.37. The summed E-state index contributed by atoms with van der Waals surface area (Å²) in [4.78, 5) is 0. The van der Waals surface area contributed by atoms with E-state index in [2.05, 4.69) is 21.2 Å². The van der Waals surface area contributed by atoms with Crippen LogP contribution in [0.15, 0.2) is 22.7 Å². The van der Waals surface area contributed by atoms with Gasteiger partial charge in [-0.15, -0.1) is 0 Å². The summed E-state index contributed by atoms with van der Waals surface area (Å²) in [6.45, 7) is 5.92. The molecule has 1 aromatic carbocycles. The van der Waals surface area contributed by atoms with Gasteiger partial charge in [0.05, 0.1) is 4.47 Å². The molecule has 19 heavy (non-hydrogen) atoms. The van der Waals surface area contributed by atoms with E-state index >= 15 is 0 Å². The minimum Gasteiger partial charge on any atom is -0.491 e. The first-order valence-electron chi connectivity index (χ1n) is 6.60. The van der Waals surface area contributed by atoms with Gasteiger partial charge in [0.1, 0.15) is 18.2 Å². The van der Waals surface area contributed by atoms with Gasteiger partial charge < -0.3 is 14.8 Å². The molecule has 0 radical (unpaired) electrons. The van der Waals surface area contributed by atoms with Crippen molar-refractivity contribution in [1.29, 1.82) is 0 Å². The molecule has 0 aliphatic rings. The van der Waals surface area contributed by atoms with Crippen molar-refractivity contribution in [3.05, 3.63) is 28.5 Å². The van der Waals surface area contributed by atoms with Crippen LogP contribution in [-0.2, 0) is 4.74 Å². The maximum absolute atomic E-state index is 12.9. The first kappa shape index (κ1) is 16.4. The molecule has 0 aliphatic heterocycles. The Kier molecular flexibility index (Phi) is 8.79. The molecule has 5 heteroatoms. The van der Waals surface area contributed by atoms with E-state index in [1.165, 1.54) is 12.1 Å². The smallest absolute Gasteiger partial charge is 0.133 e. The topological polar surface area (TPSA) is 30.5 Å². The third-order valence-corrected chi connectivity index (χ3v) is 3.15. The van der Waals surface area contributed by atoms with Crippen LogP contribution < -0.4 is 10.1 Å². The van der Waals surface area contributed by atoms with E-state index in [1.807, 2.05) is 6.92 Å². The monoisotopic (exact) mass is 333 g/mol. The Bertz CT molecular complexity index is 363. The van der Waals surface area contributed by atoms with Crippen LogP contribution >= 0.6 is 15.9 Å². The highest BCUT2D eigenvalue weighted by atomic mass is 79.9. The molecule has 1 aromatic rings. The zero-order valence-electron chi connectivity index (χ0n) is 11.3. The molecule has 0 saturated heterocycles.